The summed E-state index contributed by atoms with van der Waals surface area (Å²) in [5, 5.41) is 14.2. The minimum absolute atomic E-state index is 0.0351. The Morgan fingerprint density at radius 1 is 1.07 bits per heavy atom. The predicted molar refractivity (Wildman–Crippen MR) is 115 cm³/mol. The molecule has 1 fully saturated rings. The van der Waals surface area contributed by atoms with Crippen LogP contribution in [-0.2, 0) is 9.59 Å². The molecule has 1 aliphatic heterocycles. The summed E-state index contributed by atoms with van der Waals surface area (Å²) in [5.74, 6) is -0.238. The monoisotopic (exact) mass is 430 g/mol. The number of nitrogens with zero attached hydrogens (tertiary/aromatic N) is 3. The molecule has 158 valence electrons. The number of nitrogens with one attached hydrogen (secondary N) is 1. The fraction of sp³-hybridized carbons (Fsp3) is 0.333. The van der Waals surface area contributed by atoms with Crippen LogP contribution < -0.4 is 10.2 Å². The van der Waals surface area contributed by atoms with Crippen molar-refractivity contribution in [2.24, 2.45) is 0 Å². The molecule has 1 saturated heterocycles. The van der Waals surface area contributed by atoms with Crippen LogP contribution in [0.5, 0.6) is 0 Å². The van der Waals surface area contributed by atoms with E-state index in [1.165, 1.54) is 19.1 Å². The SMILES string of the molecule is CC(=O)NC(CC(=O)N1CCN(c2ccc([N+](=O)[O-])cc2)CC1)c1ccc(Cl)cc1. The number of carbonyl (C=O) groups excluding carboxylic acids is 2. The largest absolute Gasteiger partial charge is 0.368 e. The Kier molecular flexibility index (Phi) is 6.89. The fourth-order valence-corrected chi connectivity index (χ4v) is 3.62. The number of hydrogen-bond acceptors (Lipinski definition) is 5. The number of rotatable bonds is 6. The molecule has 1 atom stereocenters. The number of nitro benzene ring substituents is 1. The molecule has 9 heteroatoms. The summed E-state index contributed by atoms with van der Waals surface area (Å²) in [7, 11) is 0. The number of carbonyl (C=O) groups is 2. The van der Waals surface area contributed by atoms with Gasteiger partial charge in [0.25, 0.3) is 5.69 Å². The van der Waals surface area contributed by atoms with Gasteiger partial charge in [0.2, 0.25) is 11.8 Å². The van der Waals surface area contributed by atoms with E-state index in [1.807, 2.05) is 12.1 Å². The smallest absolute Gasteiger partial charge is 0.269 e. The molecular weight excluding hydrogens is 408 g/mol. The lowest BCUT2D eigenvalue weighted by Gasteiger charge is -2.36. The van der Waals surface area contributed by atoms with E-state index >= 15 is 0 Å². The second kappa shape index (κ2) is 9.58. The highest BCUT2D eigenvalue weighted by Crippen LogP contribution is 2.23. The number of halogens is 1. The number of piperazine rings is 1. The molecule has 1 heterocycles. The first kappa shape index (κ1) is 21.6. The van der Waals surface area contributed by atoms with Gasteiger partial charge < -0.3 is 15.1 Å². The molecule has 1 aliphatic rings. The molecule has 1 N–H and O–H groups in total. The Labute approximate surface area is 179 Å². The van der Waals surface area contributed by atoms with E-state index in [1.54, 1.807) is 29.2 Å². The van der Waals surface area contributed by atoms with Crippen LogP contribution in [0.15, 0.2) is 48.5 Å². The number of benzene rings is 2. The van der Waals surface area contributed by atoms with Gasteiger partial charge in [0.1, 0.15) is 0 Å². The molecule has 8 nitrogen and oxygen atoms in total. The Hall–Kier alpha value is -3.13. The predicted octanol–water partition coefficient (Wildman–Crippen LogP) is 3.16. The quantitative estimate of drug-likeness (QED) is 0.561. The van der Waals surface area contributed by atoms with Gasteiger partial charge in [-0.25, -0.2) is 0 Å². The van der Waals surface area contributed by atoms with Crippen molar-refractivity contribution in [3.63, 3.8) is 0 Å². The van der Waals surface area contributed by atoms with Crippen molar-refractivity contribution in [2.45, 2.75) is 19.4 Å². The minimum atomic E-state index is -0.424. The lowest BCUT2D eigenvalue weighted by molar-refractivity contribution is -0.384. The molecule has 2 amide bonds. The van der Waals surface area contributed by atoms with Gasteiger partial charge in [-0.15, -0.1) is 0 Å². The lowest BCUT2D eigenvalue weighted by Crippen LogP contribution is -2.49. The third-order valence-corrected chi connectivity index (χ3v) is 5.34. The van der Waals surface area contributed by atoms with Gasteiger partial charge in [-0.3, -0.25) is 19.7 Å². The van der Waals surface area contributed by atoms with E-state index < -0.39 is 11.0 Å². The summed E-state index contributed by atoms with van der Waals surface area (Å²) < 4.78 is 0. The van der Waals surface area contributed by atoms with Crippen molar-refractivity contribution in [3.05, 3.63) is 69.2 Å². The molecule has 3 rings (SSSR count). The number of anilines is 1. The van der Waals surface area contributed by atoms with Crippen LogP contribution in [0.3, 0.4) is 0 Å². The van der Waals surface area contributed by atoms with Gasteiger partial charge in [-0.2, -0.15) is 0 Å². The highest BCUT2D eigenvalue weighted by atomic mass is 35.5. The van der Waals surface area contributed by atoms with Crippen molar-refractivity contribution in [1.29, 1.82) is 0 Å². The molecule has 0 aliphatic carbocycles. The molecule has 0 aromatic heterocycles. The van der Waals surface area contributed by atoms with E-state index in [4.69, 9.17) is 11.6 Å². The molecule has 2 aromatic carbocycles. The topological polar surface area (TPSA) is 95.8 Å². The third-order valence-electron chi connectivity index (χ3n) is 5.09. The Morgan fingerprint density at radius 2 is 1.67 bits per heavy atom. The second-order valence-corrected chi connectivity index (χ2v) is 7.59. The van der Waals surface area contributed by atoms with Crippen molar-refractivity contribution in [2.75, 3.05) is 31.1 Å². The van der Waals surface area contributed by atoms with E-state index in [-0.39, 0.29) is 23.9 Å². The third kappa shape index (κ3) is 5.48. The van der Waals surface area contributed by atoms with Crippen molar-refractivity contribution < 1.29 is 14.5 Å². The summed E-state index contributed by atoms with van der Waals surface area (Å²) >= 11 is 5.94. The average Bonchev–Trinajstić information content (AvgIpc) is 2.73. The fourth-order valence-electron chi connectivity index (χ4n) is 3.50. The first-order valence-corrected chi connectivity index (χ1v) is 10.0. The Bertz CT molecular complexity index is 910. The molecule has 30 heavy (non-hydrogen) atoms. The normalized spacial score (nSPS) is 14.9. The van der Waals surface area contributed by atoms with Crippen LogP contribution in [0.25, 0.3) is 0 Å². The maximum Gasteiger partial charge on any atom is 0.269 e. The van der Waals surface area contributed by atoms with Crippen LogP contribution in [0, 0.1) is 10.1 Å². The highest BCUT2D eigenvalue weighted by Gasteiger charge is 2.25. The second-order valence-electron chi connectivity index (χ2n) is 7.15. The van der Waals surface area contributed by atoms with Crippen LogP contribution in [0.2, 0.25) is 5.02 Å². The first-order chi connectivity index (χ1) is 14.3. The molecule has 0 saturated carbocycles. The van der Waals surface area contributed by atoms with E-state index in [2.05, 4.69) is 10.2 Å². The summed E-state index contributed by atoms with van der Waals surface area (Å²) in [5.41, 5.74) is 1.77. The zero-order valence-corrected chi connectivity index (χ0v) is 17.3. The van der Waals surface area contributed by atoms with E-state index in [9.17, 15) is 19.7 Å². The summed E-state index contributed by atoms with van der Waals surface area (Å²) in [4.78, 5) is 38.7. The van der Waals surface area contributed by atoms with Gasteiger partial charge >= 0.3 is 0 Å². The number of hydrogen-bond donors (Lipinski definition) is 1. The van der Waals surface area contributed by atoms with Crippen LogP contribution in [-0.4, -0.2) is 47.8 Å². The lowest BCUT2D eigenvalue weighted by atomic mass is 10.0. The van der Waals surface area contributed by atoms with Gasteiger partial charge in [0, 0.05) is 55.9 Å². The maximum atomic E-state index is 12.8. The van der Waals surface area contributed by atoms with Crippen LogP contribution in [0.1, 0.15) is 24.9 Å². The van der Waals surface area contributed by atoms with Crippen molar-refractivity contribution in [3.8, 4) is 0 Å². The summed E-state index contributed by atoms with van der Waals surface area (Å²) in [6.45, 7) is 3.79. The minimum Gasteiger partial charge on any atom is -0.368 e. The summed E-state index contributed by atoms with van der Waals surface area (Å²) in [6, 6.07) is 13.1. The molecule has 0 radical (unpaired) electrons. The van der Waals surface area contributed by atoms with Crippen LogP contribution >= 0.6 is 11.6 Å². The maximum absolute atomic E-state index is 12.8. The Balaban J connectivity index is 1.59. The molecular formula is C21H23ClN4O4. The van der Waals surface area contributed by atoms with E-state index in [0.717, 1.165) is 11.3 Å². The van der Waals surface area contributed by atoms with Gasteiger partial charge in [0.15, 0.2) is 0 Å². The first-order valence-electron chi connectivity index (χ1n) is 9.63. The van der Waals surface area contributed by atoms with E-state index in [0.29, 0.717) is 31.2 Å². The van der Waals surface area contributed by atoms with Gasteiger partial charge in [0.05, 0.1) is 17.4 Å². The van der Waals surface area contributed by atoms with Gasteiger partial charge in [-0.05, 0) is 29.8 Å². The van der Waals surface area contributed by atoms with Crippen LogP contribution in [0.4, 0.5) is 11.4 Å². The number of non-ortho nitro benzene ring substituents is 1. The molecule has 0 bridgehead atoms. The zero-order valence-electron chi connectivity index (χ0n) is 16.6. The zero-order chi connectivity index (χ0) is 21.7. The number of nitro groups is 1. The average molecular weight is 431 g/mol. The number of amides is 2. The summed E-state index contributed by atoms with van der Waals surface area (Å²) in [6.07, 6.45) is 0.165. The Morgan fingerprint density at radius 3 is 2.20 bits per heavy atom. The molecule has 2 aromatic rings. The highest BCUT2D eigenvalue weighted by molar-refractivity contribution is 6.30. The van der Waals surface area contributed by atoms with Gasteiger partial charge in [-0.1, -0.05) is 23.7 Å². The standard InChI is InChI=1S/C21H23ClN4O4/c1-15(27)23-20(16-2-4-17(22)5-3-16)14-21(28)25-12-10-24(11-13-25)18-6-8-19(9-7-18)26(29)30/h2-9,20H,10-14H2,1H3,(H,23,27). The van der Waals surface area contributed by atoms with Crippen molar-refractivity contribution >= 4 is 34.8 Å². The molecule has 1 unspecified atom stereocenters. The van der Waals surface area contributed by atoms with Crippen molar-refractivity contribution in [1.82, 2.24) is 10.2 Å². The molecule has 0 spiro atoms.